The van der Waals surface area contributed by atoms with Crippen LogP contribution in [0.4, 0.5) is 0 Å². The lowest BCUT2D eigenvalue weighted by molar-refractivity contribution is 0.304. The molecule has 0 aromatic heterocycles. The lowest BCUT2D eigenvalue weighted by Crippen LogP contribution is -2.01. The molecule has 1 N–H and O–H groups in total. The highest BCUT2D eigenvalue weighted by Gasteiger charge is 2.05. The summed E-state index contributed by atoms with van der Waals surface area (Å²) in [4.78, 5) is 0. The van der Waals surface area contributed by atoms with Crippen molar-refractivity contribution < 1.29 is 9.84 Å². The third kappa shape index (κ3) is 4.11. The number of aliphatic hydroxyl groups excluding tert-OH is 1. The van der Waals surface area contributed by atoms with E-state index in [-0.39, 0.29) is 6.61 Å². The molecule has 0 fully saturated rings. The minimum absolute atomic E-state index is 0.121. The predicted molar refractivity (Wildman–Crippen MR) is 85.4 cm³/mol. The summed E-state index contributed by atoms with van der Waals surface area (Å²) in [5.74, 6) is 6.31. The molecular formula is C19H20O2. The third-order valence-corrected chi connectivity index (χ3v) is 3.39. The number of aryl methyl sites for hydroxylation is 3. The number of hydrogen-bond acceptors (Lipinski definition) is 2. The highest BCUT2D eigenvalue weighted by Crippen LogP contribution is 2.19. The molecule has 2 aromatic carbocycles. The molecule has 2 aromatic rings. The molecule has 2 heteroatoms. The van der Waals surface area contributed by atoms with Crippen LogP contribution in [0.3, 0.4) is 0 Å². The SMILES string of the molecule is Cc1cc(C)c(COc2ccc(C#CCO)cc2)c(C)c1. The summed E-state index contributed by atoms with van der Waals surface area (Å²) in [6.45, 7) is 6.79. The van der Waals surface area contributed by atoms with E-state index in [1.165, 1.54) is 22.3 Å². The van der Waals surface area contributed by atoms with E-state index >= 15 is 0 Å². The zero-order valence-electron chi connectivity index (χ0n) is 12.7. The summed E-state index contributed by atoms with van der Waals surface area (Å²) in [6, 6.07) is 12.0. The first kappa shape index (κ1) is 15.2. The Hall–Kier alpha value is -2.24. The molecule has 0 aliphatic heterocycles. The quantitative estimate of drug-likeness (QED) is 0.871. The molecule has 0 saturated heterocycles. The van der Waals surface area contributed by atoms with Gasteiger partial charge in [-0.3, -0.25) is 0 Å². The van der Waals surface area contributed by atoms with Crippen LogP contribution in [-0.2, 0) is 6.61 Å². The molecule has 0 aliphatic carbocycles. The first-order chi connectivity index (χ1) is 10.1. The lowest BCUT2D eigenvalue weighted by Gasteiger charge is -2.12. The number of aliphatic hydroxyl groups is 1. The maximum atomic E-state index is 8.67. The van der Waals surface area contributed by atoms with Gasteiger partial charge < -0.3 is 9.84 Å². The van der Waals surface area contributed by atoms with Crippen LogP contribution in [0.15, 0.2) is 36.4 Å². The molecule has 0 aliphatic rings. The van der Waals surface area contributed by atoms with Crippen LogP contribution in [0.2, 0.25) is 0 Å². The first-order valence-electron chi connectivity index (χ1n) is 6.99. The summed E-state index contributed by atoms with van der Waals surface area (Å²) in [7, 11) is 0. The van der Waals surface area contributed by atoms with Crippen molar-refractivity contribution >= 4 is 0 Å². The van der Waals surface area contributed by atoms with Gasteiger partial charge >= 0.3 is 0 Å². The van der Waals surface area contributed by atoms with Crippen molar-refractivity contribution in [3.8, 4) is 17.6 Å². The van der Waals surface area contributed by atoms with Gasteiger partial charge in [-0.2, -0.15) is 0 Å². The number of rotatable bonds is 3. The third-order valence-electron chi connectivity index (χ3n) is 3.39. The molecule has 2 nitrogen and oxygen atoms in total. The van der Waals surface area contributed by atoms with Gasteiger partial charge in [0.2, 0.25) is 0 Å². The van der Waals surface area contributed by atoms with E-state index in [9.17, 15) is 0 Å². The fraction of sp³-hybridized carbons (Fsp3) is 0.263. The normalized spacial score (nSPS) is 9.90. The molecule has 0 bridgehead atoms. The molecule has 21 heavy (non-hydrogen) atoms. The summed E-state index contributed by atoms with van der Waals surface area (Å²) in [5.41, 5.74) is 5.92. The minimum atomic E-state index is -0.121. The Bertz CT molecular complexity index is 650. The predicted octanol–water partition coefficient (Wildman–Crippen LogP) is 3.53. The molecule has 0 amide bonds. The summed E-state index contributed by atoms with van der Waals surface area (Å²) >= 11 is 0. The summed E-state index contributed by atoms with van der Waals surface area (Å²) in [5, 5.41) is 8.67. The zero-order valence-corrected chi connectivity index (χ0v) is 12.7. The fourth-order valence-corrected chi connectivity index (χ4v) is 2.37. The number of benzene rings is 2. The van der Waals surface area contributed by atoms with E-state index in [1.54, 1.807) is 0 Å². The Morgan fingerprint density at radius 3 is 2.19 bits per heavy atom. The largest absolute Gasteiger partial charge is 0.489 e. The van der Waals surface area contributed by atoms with E-state index in [2.05, 4.69) is 44.7 Å². The summed E-state index contributed by atoms with van der Waals surface area (Å²) < 4.78 is 5.86. The Kier molecular flexibility index (Phi) is 5.03. The van der Waals surface area contributed by atoms with Crippen molar-refractivity contribution in [3.63, 3.8) is 0 Å². The van der Waals surface area contributed by atoms with Gasteiger partial charge in [0.05, 0.1) is 0 Å². The second-order valence-corrected chi connectivity index (χ2v) is 5.15. The molecule has 0 radical (unpaired) electrons. The van der Waals surface area contributed by atoms with Crippen molar-refractivity contribution in [1.82, 2.24) is 0 Å². The van der Waals surface area contributed by atoms with Crippen LogP contribution in [0.5, 0.6) is 5.75 Å². The molecule has 108 valence electrons. The second-order valence-electron chi connectivity index (χ2n) is 5.15. The van der Waals surface area contributed by atoms with Gasteiger partial charge in [-0.1, -0.05) is 29.5 Å². The van der Waals surface area contributed by atoms with Gasteiger partial charge in [-0.25, -0.2) is 0 Å². The van der Waals surface area contributed by atoms with Gasteiger partial charge in [-0.15, -0.1) is 0 Å². The Morgan fingerprint density at radius 2 is 1.62 bits per heavy atom. The fourth-order valence-electron chi connectivity index (χ4n) is 2.37. The Morgan fingerprint density at radius 1 is 1.00 bits per heavy atom. The van der Waals surface area contributed by atoms with Crippen LogP contribution in [0, 0.1) is 32.6 Å². The van der Waals surface area contributed by atoms with Gasteiger partial charge in [0.15, 0.2) is 0 Å². The van der Waals surface area contributed by atoms with E-state index in [1.807, 2.05) is 24.3 Å². The van der Waals surface area contributed by atoms with Crippen LogP contribution in [0.1, 0.15) is 27.8 Å². The average Bonchev–Trinajstić information content (AvgIpc) is 2.45. The van der Waals surface area contributed by atoms with Crippen LogP contribution in [-0.4, -0.2) is 11.7 Å². The Labute approximate surface area is 126 Å². The van der Waals surface area contributed by atoms with Crippen molar-refractivity contribution in [2.24, 2.45) is 0 Å². The topological polar surface area (TPSA) is 29.5 Å². The molecule has 0 spiro atoms. The van der Waals surface area contributed by atoms with E-state index in [4.69, 9.17) is 9.84 Å². The van der Waals surface area contributed by atoms with Gasteiger partial charge in [0.1, 0.15) is 19.0 Å². The zero-order chi connectivity index (χ0) is 15.2. The smallest absolute Gasteiger partial charge is 0.119 e. The van der Waals surface area contributed by atoms with Gasteiger partial charge in [-0.05, 0) is 61.7 Å². The first-order valence-corrected chi connectivity index (χ1v) is 6.99. The van der Waals surface area contributed by atoms with E-state index in [0.717, 1.165) is 11.3 Å². The molecular weight excluding hydrogens is 260 g/mol. The maximum absolute atomic E-state index is 8.67. The van der Waals surface area contributed by atoms with Gasteiger partial charge in [0.25, 0.3) is 0 Å². The van der Waals surface area contributed by atoms with Crippen LogP contribution in [0.25, 0.3) is 0 Å². The highest BCUT2D eigenvalue weighted by molar-refractivity contribution is 5.39. The number of hydrogen-bond donors (Lipinski definition) is 1. The van der Waals surface area contributed by atoms with Crippen molar-refractivity contribution in [2.75, 3.05) is 6.61 Å². The number of ether oxygens (including phenoxy) is 1. The lowest BCUT2D eigenvalue weighted by atomic mass is 10.0. The van der Waals surface area contributed by atoms with E-state index in [0.29, 0.717) is 6.61 Å². The molecule has 2 rings (SSSR count). The molecule has 0 saturated carbocycles. The van der Waals surface area contributed by atoms with Crippen molar-refractivity contribution in [1.29, 1.82) is 0 Å². The average molecular weight is 280 g/mol. The molecule has 0 atom stereocenters. The van der Waals surface area contributed by atoms with E-state index < -0.39 is 0 Å². The van der Waals surface area contributed by atoms with Crippen molar-refractivity contribution in [3.05, 3.63) is 64.2 Å². The van der Waals surface area contributed by atoms with Gasteiger partial charge in [0, 0.05) is 5.56 Å². The second kappa shape index (κ2) is 6.97. The maximum Gasteiger partial charge on any atom is 0.119 e. The van der Waals surface area contributed by atoms with Crippen molar-refractivity contribution in [2.45, 2.75) is 27.4 Å². The highest BCUT2D eigenvalue weighted by atomic mass is 16.5. The molecule has 0 heterocycles. The van der Waals surface area contributed by atoms with Crippen LogP contribution < -0.4 is 4.74 Å². The molecule has 0 unspecified atom stereocenters. The van der Waals surface area contributed by atoms with Crippen LogP contribution >= 0.6 is 0 Å². The summed E-state index contributed by atoms with van der Waals surface area (Å²) in [6.07, 6.45) is 0. The monoisotopic (exact) mass is 280 g/mol. The minimum Gasteiger partial charge on any atom is -0.489 e. The standard InChI is InChI=1S/C19H20O2/c1-14-11-15(2)19(16(3)12-14)13-21-18-8-6-17(7-9-18)5-4-10-20/h6-9,11-12,20H,10,13H2,1-3H3. The Balaban J connectivity index is 2.07.